The SMILES string of the molecule is CN(Cc1c[nH]c2ccccc12)CC(C)(C)CO. The van der Waals surface area contributed by atoms with Crippen LogP contribution in [0, 0.1) is 5.41 Å². The number of rotatable bonds is 5. The van der Waals surface area contributed by atoms with Crippen molar-refractivity contribution in [2.75, 3.05) is 20.2 Å². The first-order chi connectivity index (χ1) is 8.52. The molecule has 0 saturated heterocycles. The molecule has 0 radical (unpaired) electrons. The van der Waals surface area contributed by atoms with Gasteiger partial charge in [-0.2, -0.15) is 0 Å². The van der Waals surface area contributed by atoms with Crippen molar-refractivity contribution in [3.63, 3.8) is 0 Å². The van der Waals surface area contributed by atoms with Crippen molar-refractivity contribution < 1.29 is 5.11 Å². The zero-order valence-electron chi connectivity index (χ0n) is 11.4. The molecule has 1 aromatic heterocycles. The zero-order chi connectivity index (χ0) is 13.2. The van der Waals surface area contributed by atoms with Gasteiger partial charge in [0.25, 0.3) is 0 Å². The normalized spacial score (nSPS) is 12.5. The van der Waals surface area contributed by atoms with Gasteiger partial charge in [-0.25, -0.2) is 0 Å². The maximum Gasteiger partial charge on any atom is 0.0494 e. The fraction of sp³-hybridized carbons (Fsp3) is 0.467. The largest absolute Gasteiger partial charge is 0.396 e. The molecular weight excluding hydrogens is 224 g/mol. The number of H-pyrrole nitrogens is 1. The summed E-state index contributed by atoms with van der Waals surface area (Å²) in [5.74, 6) is 0. The van der Waals surface area contributed by atoms with Gasteiger partial charge >= 0.3 is 0 Å². The standard InChI is InChI=1S/C15H22N2O/c1-15(2,11-18)10-17(3)9-12-8-16-14-7-5-4-6-13(12)14/h4-8,16,18H,9-11H2,1-3H3. The number of aliphatic hydroxyl groups excluding tert-OH is 1. The Balaban J connectivity index is 2.09. The van der Waals surface area contributed by atoms with Crippen LogP contribution in [0.1, 0.15) is 19.4 Å². The third-order valence-electron chi connectivity index (χ3n) is 3.24. The topological polar surface area (TPSA) is 39.3 Å². The predicted octanol–water partition coefficient (Wildman–Crippen LogP) is 2.62. The number of fused-ring (bicyclic) bond motifs is 1. The van der Waals surface area contributed by atoms with E-state index >= 15 is 0 Å². The van der Waals surface area contributed by atoms with Crippen molar-refractivity contribution >= 4 is 10.9 Å². The van der Waals surface area contributed by atoms with Crippen molar-refractivity contribution in [3.8, 4) is 0 Å². The molecule has 1 heterocycles. The van der Waals surface area contributed by atoms with Crippen LogP contribution in [0.5, 0.6) is 0 Å². The molecule has 0 spiro atoms. The second-order valence-electron chi connectivity index (χ2n) is 5.85. The Kier molecular flexibility index (Phi) is 3.73. The monoisotopic (exact) mass is 246 g/mol. The Morgan fingerprint density at radius 2 is 2.00 bits per heavy atom. The molecule has 2 rings (SSSR count). The van der Waals surface area contributed by atoms with Gasteiger partial charge in [-0.15, -0.1) is 0 Å². The minimum Gasteiger partial charge on any atom is -0.396 e. The molecule has 0 amide bonds. The van der Waals surface area contributed by atoms with E-state index in [0.29, 0.717) is 0 Å². The van der Waals surface area contributed by atoms with E-state index < -0.39 is 0 Å². The number of nitrogens with zero attached hydrogens (tertiary/aromatic N) is 1. The van der Waals surface area contributed by atoms with Gasteiger partial charge in [0.15, 0.2) is 0 Å². The molecule has 0 aliphatic carbocycles. The number of benzene rings is 1. The van der Waals surface area contributed by atoms with Crippen LogP contribution in [0.15, 0.2) is 30.5 Å². The van der Waals surface area contributed by atoms with E-state index in [1.165, 1.54) is 16.5 Å². The Labute approximate surface area is 108 Å². The van der Waals surface area contributed by atoms with E-state index in [2.05, 4.69) is 55.2 Å². The van der Waals surface area contributed by atoms with Crippen LogP contribution in [0.25, 0.3) is 10.9 Å². The molecule has 1 aromatic carbocycles. The number of aromatic nitrogens is 1. The van der Waals surface area contributed by atoms with Crippen LogP contribution in [-0.4, -0.2) is 35.2 Å². The number of hydrogen-bond donors (Lipinski definition) is 2. The van der Waals surface area contributed by atoms with Gasteiger partial charge in [-0.05, 0) is 18.7 Å². The van der Waals surface area contributed by atoms with E-state index in [9.17, 15) is 5.11 Å². The smallest absolute Gasteiger partial charge is 0.0494 e. The first-order valence-electron chi connectivity index (χ1n) is 6.36. The van der Waals surface area contributed by atoms with Gasteiger partial charge in [-0.1, -0.05) is 32.0 Å². The Morgan fingerprint density at radius 1 is 1.28 bits per heavy atom. The molecule has 3 heteroatoms. The van der Waals surface area contributed by atoms with Crippen molar-refractivity contribution in [1.29, 1.82) is 0 Å². The maximum absolute atomic E-state index is 9.31. The molecule has 0 fully saturated rings. The molecule has 3 nitrogen and oxygen atoms in total. The Hall–Kier alpha value is -1.32. The fourth-order valence-electron chi connectivity index (χ4n) is 2.39. The lowest BCUT2D eigenvalue weighted by Crippen LogP contribution is -2.33. The molecule has 0 unspecified atom stereocenters. The summed E-state index contributed by atoms with van der Waals surface area (Å²) in [7, 11) is 2.10. The van der Waals surface area contributed by atoms with Gasteiger partial charge < -0.3 is 15.0 Å². The minimum absolute atomic E-state index is 0.0547. The first-order valence-corrected chi connectivity index (χ1v) is 6.36. The number of hydrogen-bond acceptors (Lipinski definition) is 2. The Bertz CT molecular complexity index is 516. The third-order valence-corrected chi connectivity index (χ3v) is 3.24. The molecule has 2 aromatic rings. The number of aromatic amines is 1. The van der Waals surface area contributed by atoms with Gasteiger partial charge in [0.05, 0.1) is 0 Å². The molecule has 0 aliphatic heterocycles. The lowest BCUT2D eigenvalue weighted by molar-refractivity contribution is 0.113. The van der Waals surface area contributed by atoms with Crippen molar-refractivity contribution in [1.82, 2.24) is 9.88 Å². The van der Waals surface area contributed by atoms with E-state index in [4.69, 9.17) is 0 Å². The van der Waals surface area contributed by atoms with Gasteiger partial charge in [0.1, 0.15) is 0 Å². The summed E-state index contributed by atoms with van der Waals surface area (Å²) in [6.07, 6.45) is 2.08. The number of aliphatic hydroxyl groups is 1. The number of nitrogens with one attached hydrogen (secondary N) is 1. The van der Waals surface area contributed by atoms with Crippen LogP contribution < -0.4 is 0 Å². The third kappa shape index (κ3) is 2.92. The van der Waals surface area contributed by atoms with Crippen molar-refractivity contribution in [2.45, 2.75) is 20.4 Å². The van der Waals surface area contributed by atoms with Gasteiger partial charge in [0, 0.05) is 42.2 Å². The molecule has 0 saturated carbocycles. The molecule has 98 valence electrons. The molecular formula is C15H22N2O. The summed E-state index contributed by atoms with van der Waals surface area (Å²) in [5, 5.41) is 10.6. The molecule has 2 N–H and O–H groups in total. The molecule has 0 atom stereocenters. The maximum atomic E-state index is 9.31. The summed E-state index contributed by atoms with van der Waals surface area (Å²) in [6.45, 7) is 6.15. The Morgan fingerprint density at radius 3 is 2.72 bits per heavy atom. The highest BCUT2D eigenvalue weighted by molar-refractivity contribution is 5.82. The summed E-state index contributed by atoms with van der Waals surface area (Å²) >= 11 is 0. The average molecular weight is 246 g/mol. The molecule has 0 bridgehead atoms. The van der Waals surface area contributed by atoms with E-state index in [1.54, 1.807) is 0 Å². The minimum atomic E-state index is -0.0547. The van der Waals surface area contributed by atoms with Crippen LogP contribution in [0.2, 0.25) is 0 Å². The van der Waals surface area contributed by atoms with E-state index in [0.717, 1.165) is 13.1 Å². The van der Waals surface area contributed by atoms with Crippen LogP contribution >= 0.6 is 0 Å². The average Bonchev–Trinajstić information content (AvgIpc) is 2.72. The summed E-state index contributed by atoms with van der Waals surface area (Å²) in [6, 6.07) is 8.35. The van der Waals surface area contributed by atoms with Crippen LogP contribution in [0.3, 0.4) is 0 Å². The first kappa shape index (κ1) is 13.1. The van der Waals surface area contributed by atoms with Gasteiger partial charge in [-0.3, -0.25) is 0 Å². The number of para-hydroxylation sites is 1. The van der Waals surface area contributed by atoms with Gasteiger partial charge in [0.2, 0.25) is 0 Å². The lowest BCUT2D eigenvalue weighted by atomic mass is 9.94. The zero-order valence-corrected chi connectivity index (χ0v) is 11.4. The highest BCUT2D eigenvalue weighted by Gasteiger charge is 2.19. The van der Waals surface area contributed by atoms with Crippen molar-refractivity contribution in [2.24, 2.45) is 5.41 Å². The molecule has 0 aliphatic rings. The lowest BCUT2D eigenvalue weighted by Gasteiger charge is -2.28. The second kappa shape index (κ2) is 5.12. The summed E-state index contributed by atoms with van der Waals surface area (Å²) in [4.78, 5) is 5.55. The van der Waals surface area contributed by atoms with Crippen LogP contribution in [-0.2, 0) is 6.54 Å². The van der Waals surface area contributed by atoms with Crippen LogP contribution in [0.4, 0.5) is 0 Å². The van der Waals surface area contributed by atoms with E-state index in [1.807, 2.05) is 6.07 Å². The molecule has 18 heavy (non-hydrogen) atoms. The fourth-order valence-corrected chi connectivity index (χ4v) is 2.39. The van der Waals surface area contributed by atoms with E-state index in [-0.39, 0.29) is 12.0 Å². The summed E-state index contributed by atoms with van der Waals surface area (Å²) in [5.41, 5.74) is 2.44. The predicted molar refractivity (Wildman–Crippen MR) is 75.5 cm³/mol. The second-order valence-corrected chi connectivity index (χ2v) is 5.85. The highest BCUT2D eigenvalue weighted by atomic mass is 16.3. The summed E-state index contributed by atoms with van der Waals surface area (Å²) < 4.78 is 0. The highest BCUT2D eigenvalue weighted by Crippen LogP contribution is 2.21. The van der Waals surface area contributed by atoms with Crippen molar-refractivity contribution in [3.05, 3.63) is 36.0 Å². The quantitative estimate of drug-likeness (QED) is 0.851.